The fraction of sp³-hybridized carbons (Fsp3) is 0.333. The Morgan fingerprint density at radius 1 is 1.09 bits per heavy atom. The van der Waals surface area contributed by atoms with Gasteiger partial charge in [0.2, 0.25) is 16.0 Å². The minimum atomic E-state index is -4.89. The summed E-state index contributed by atoms with van der Waals surface area (Å²) in [4.78, 5) is 7.73. The molecule has 35 heavy (non-hydrogen) atoms. The highest BCUT2D eigenvalue weighted by Crippen LogP contribution is 2.26. The topological polar surface area (TPSA) is 114 Å². The van der Waals surface area contributed by atoms with Crippen LogP contribution in [-0.4, -0.2) is 58.4 Å². The highest BCUT2D eigenvalue weighted by Gasteiger charge is 2.36. The third-order valence-corrected chi connectivity index (χ3v) is 5.60. The summed E-state index contributed by atoms with van der Waals surface area (Å²) >= 11 is 0. The SMILES string of the molecule is CS(=O)(=O)N(C[C@@H](Nc1ncc(-c2nnc(C(F)F)o2)cn1)c1ccc(F)c(F)c1)CC(F)(F)F. The second-order valence-electron chi connectivity index (χ2n) is 7.08. The lowest BCUT2D eigenvalue weighted by Crippen LogP contribution is -2.42. The molecular formula is C18H15F7N6O3S. The standard InChI is InChI=1S/C18H15F7N6O3S/c1-35(32,33)31(8-18(23,24)25)7-13(9-2-3-11(19)12(20)4-9)28-17-26-5-10(6-27-17)15-29-30-16(34-15)14(21)22/h2-6,13-14H,7-8H2,1H3,(H,26,27,28)/t13-/m1/s1. The van der Waals surface area contributed by atoms with Crippen molar-refractivity contribution in [3.8, 4) is 11.5 Å². The number of rotatable bonds is 9. The summed E-state index contributed by atoms with van der Waals surface area (Å²) in [6, 6.07) is 1.08. The number of halogens is 7. The summed E-state index contributed by atoms with van der Waals surface area (Å²) in [7, 11) is -4.38. The smallest absolute Gasteiger partial charge is 0.402 e. The number of aromatic nitrogens is 4. The van der Waals surface area contributed by atoms with Crippen LogP contribution in [0.2, 0.25) is 0 Å². The number of nitrogens with one attached hydrogen (secondary N) is 1. The molecule has 3 aromatic rings. The maximum Gasteiger partial charge on any atom is 0.402 e. The van der Waals surface area contributed by atoms with E-state index < -0.39 is 59.3 Å². The quantitative estimate of drug-likeness (QED) is 0.418. The molecule has 1 aromatic carbocycles. The third-order valence-electron chi connectivity index (χ3n) is 4.39. The molecule has 0 saturated carbocycles. The lowest BCUT2D eigenvalue weighted by atomic mass is 10.1. The molecule has 1 N–H and O–H groups in total. The monoisotopic (exact) mass is 528 g/mol. The van der Waals surface area contributed by atoms with Gasteiger partial charge in [-0.2, -0.15) is 26.3 Å². The highest BCUT2D eigenvalue weighted by molar-refractivity contribution is 7.88. The van der Waals surface area contributed by atoms with Crippen molar-refractivity contribution < 1.29 is 43.6 Å². The predicted molar refractivity (Wildman–Crippen MR) is 105 cm³/mol. The number of benzene rings is 1. The third kappa shape index (κ3) is 7.08. The lowest BCUT2D eigenvalue weighted by molar-refractivity contribution is -0.136. The van der Waals surface area contributed by atoms with Crippen molar-refractivity contribution in [3.05, 3.63) is 53.7 Å². The van der Waals surface area contributed by atoms with Gasteiger partial charge in [-0.3, -0.25) is 0 Å². The van der Waals surface area contributed by atoms with Gasteiger partial charge in [0, 0.05) is 18.9 Å². The van der Waals surface area contributed by atoms with E-state index in [4.69, 9.17) is 4.42 Å². The van der Waals surface area contributed by atoms with Gasteiger partial charge in [0.1, 0.15) is 6.54 Å². The van der Waals surface area contributed by atoms with E-state index in [9.17, 15) is 39.2 Å². The predicted octanol–water partition coefficient (Wildman–Crippen LogP) is 3.72. The van der Waals surface area contributed by atoms with Gasteiger partial charge in [-0.1, -0.05) is 6.07 Å². The molecule has 0 amide bonds. The molecule has 190 valence electrons. The van der Waals surface area contributed by atoms with Gasteiger partial charge < -0.3 is 9.73 Å². The molecule has 0 aliphatic rings. The van der Waals surface area contributed by atoms with Crippen LogP contribution in [0.4, 0.5) is 36.7 Å². The number of hydrogen-bond acceptors (Lipinski definition) is 8. The Bertz CT molecular complexity index is 1270. The molecular weight excluding hydrogens is 513 g/mol. The minimum Gasteiger partial charge on any atom is -0.415 e. The van der Waals surface area contributed by atoms with Gasteiger partial charge in [0.05, 0.1) is 17.9 Å². The van der Waals surface area contributed by atoms with Gasteiger partial charge in [0.15, 0.2) is 11.6 Å². The van der Waals surface area contributed by atoms with Crippen molar-refractivity contribution in [3.63, 3.8) is 0 Å². The van der Waals surface area contributed by atoms with E-state index in [0.717, 1.165) is 18.5 Å². The van der Waals surface area contributed by atoms with Crippen LogP contribution in [0.3, 0.4) is 0 Å². The molecule has 3 rings (SSSR count). The molecule has 0 spiro atoms. The van der Waals surface area contributed by atoms with E-state index in [-0.39, 0.29) is 27.3 Å². The van der Waals surface area contributed by atoms with E-state index in [0.29, 0.717) is 18.4 Å². The molecule has 2 aromatic heterocycles. The van der Waals surface area contributed by atoms with Crippen molar-refractivity contribution in [1.82, 2.24) is 24.5 Å². The molecule has 0 radical (unpaired) electrons. The summed E-state index contributed by atoms with van der Waals surface area (Å²) in [5.41, 5.74) is -0.0833. The fourth-order valence-corrected chi connectivity index (χ4v) is 3.59. The number of sulfonamides is 1. The average Bonchev–Trinajstić information content (AvgIpc) is 3.24. The minimum absolute atomic E-state index is 0.0224. The molecule has 2 heterocycles. The highest BCUT2D eigenvalue weighted by atomic mass is 32.2. The van der Waals surface area contributed by atoms with E-state index in [1.807, 2.05) is 0 Å². The normalized spacial score (nSPS) is 13.4. The van der Waals surface area contributed by atoms with Gasteiger partial charge >= 0.3 is 12.6 Å². The van der Waals surface area contributed by atoms with Crippen LogP contribution in [0.5, 0.6) is 0 Å². The van der Waals surface area contributed by atoms with Crippen LogP contribution in [0, 0.1) is 11.6 Å². The van der Waals surface area contributed by atoms with Gasteiger partial charge in [-0.25, -0.2) is 27.2 Å². The summed E-state index contributed by atoms with van der Waals surface area (Å²) in [5.74, 6) is -4.09. The molecule has 9 nitrogen and oxygen atoms in total. The van der Waals surface area contributed by atoms with E-state index in [1.54, 1.807) is 0 Å². The number of hydrogen-bond donors (Lipinski definition) is 1. The Morgan fingerprint density at radius 2 is 1.74 bits per heavy atom. The Morgan fingerprint density at radius 3 is 2.26 bits per heavy atom. The van der Waals surface area contributed by atoms with E-state index >= 15 is 0 Å². The Labute approximate surface area is 193 Å². The molecule has 0 fully saturated rings. The Kier molecular flexibility index (Phi) is 7.59. The first-order valence-electron chi connectivity index (χ1n) is 9.40. The maximum absolute atomic E-state index is 13.8. The van der Waals surface area contributed by atoms with Crippen molar-refractivity contribution >= 4 is 16.0 Å². The summed E-state index contributed by atoms with van der Waals surface area (Å²) < 4.78 is 120. The molecule has 0 aliphatic heterocycles. The van der Waals surface area contributed by atoms with Crippen LogP contribution >= 0.6 is 0 Å². The molecule has 0 bridgehead atoms. The molecule has 0 aliphatic carbocycles. The van der Waals surface area contributed by atoms with Crippen LogP contribution in [0.1, 0.15) is 23.9 Å². The number of alkyl halides is 5. The van der Waals surface area contributed by atoms with E-state index in [2.05, 4.69) is 25.5 Å². The van der Waals surface area contributed by atoms with Crippen molar-refractivity contribution in [2.24, 2.45) is 0 Å². The zero-order chi connectivity index (χ0) is 26.0. The first-order valence-corrected chi connectivity index (χ1v) is 11.2. The Hall–Kier alpha value is -3.34. The largest absolute Gasteiger partial charge is 0.415 e. The van der Waals surface area contributed by atoms with Gasteiger partial charge in [-0.15, -0.1) is 10.2 Å². The van der Waals surface area contributed by atoms with Gasteiger partial charge in [-0.05, 0) is 17.7 Å². The van der Waals surface area contributed by atoms with Crippen LogP contribution in [0.15, 0.2) is 35.0 Å². The van der Waals surface area contributed by atoms with Crippen molar-refractivity contribution in [2.45, 2.75) is 18.6 Å². The van der Waals surface area contributed by atoms with Crippen LogP contribution in [-0.2, 0) is 10.0 Å². The maximum atomic E-state index is 13.8. The fourth-order valence-electron chi connectivity index (χ4n) is 2.79. The average molecular weight is 528 g/mol. The Balaban J connectivity index is 1.90. The van der Waals surface area contributed by atoms with Crippen LogP contribution in [0.25, 0.3) is 11.5 Å². The van der Waals surface area contributed by atoms with Gasteiger partial charge in [0.25, 0.3) is 11.8 Å². The first kappa shape index (κ1) is 26.3. The van der Waals surface area contributed by atoms with Crippen LogP contribution < -0.4 is 5.32 Å². The summed E-state index contributed by atoms with van der Waals surface area (Å²) in [6.45, 7) is -2.69. The number of anilines is 1. The summed E-state index contributed by atoms with van der Waals surface area (Å²) in [6.07, 6.45) is -5.22. The van der Waals surface area contributed by atoms with Crippen molar-refractivity contribution in [1.29, 1.82) is 0 Å². The second-order valence-corrected chi connectivity index (χ2v) is 9.07. The molecule has 0 saturated heterocycles. The van der Waals surface area contributed by atoms with Crippen molar-refractivity contribution in [2.75, 3.05) is 24.7 Å². The zero-order valence-corrected chi connectivity index (χ0v) is 18.3. The first-order chi connectivity index (χ1) is 16.2. The molecule has 1 atom stereocenters. The molecule has 17 heteroatoms. The zero-order valence-electron chi connectivity index (χ0n) is 17.5. The summed E-state index contributed by atoms with van der Waals surface area (Å²) in [5, 5.41) is 9.12. The lowest BCUT2D eigenvalue weighted by Gasteiger charge is -2.27. The number of nitrogens with zero attached hydrogens (tertiary/aromatic N) is 5. The molecule has 0 unspecified atom stereocenters. The second kappa shape index (κ2) is 10.1. The van der Waals surface area contributed by atoms with E-state index in [1.165, 1.54) is 0 Å².